The molecule has 3 aromatic carbocycles. The number of halogens is 2. The van der Waals surface area contributed by atoms with Crippen LogP contribution in [0.15, 0.2) is 60.7 Å². The third kappa shape index (κ3) is 6.90. The maximum atomic E-state index is 15.6. The molecule has 5 rings (SSSR count). The van der Waals surface area contributed by atoms with E-state index in [1.807, 2.05) is 24.3 Å². The fourth-order valence-corrected chi connectivity index (χ4v) is 6.15. The van der Waals surface area contributed by atoms with E-state index in [1.54, 1.807) is 36.1 Å². The zero-order valence-corrected chi connectivity index (χ0v) is 25.4. The second-order valence-electron chi connectivity index (χ2n) is 12.7. The number of benzene rings is 3. The van der Waals surface area contributed by atoms with E-state index in [9.17, 15) is 14.0 Å². The molecule has 228 valence electrons. The van der Waals surface area contributed by atoms with Crippen LogP contribution in [0.1, 0.15) is 79.5 Å². The summed E-state index contributed by atoms with van der Waals surface area (Å²) in [5, 5.41) is 6.33. The van der Waals surface area contributed by atoms with Gasteiger partial charge in [0.1, 0.15) is 11.6 Å². The molecule has 0 radical (unpaired) electrons. The summed E-state index contributed by atoms with van der Waals surface area (Å²) in [6.07, 6.45) is 2.63. The van der Waals surface area contributed by atoms with Crippen molar-refractivity contribution in [1.29, 1.82) is 0 Å². The van der Waals surface area contributed by atoms with Crippen LogP contribution in [0.25, 0.3) is 0 Å². The van der Waals surface area contributed by atoms with E-state index in [2.05, 4.69) is 31.4 Å². The molecule has 2 fully saturated rings. The van der Waals surface area contributed by atoms with Gasteiger partial charge in [-0.25, -0.2) is 8.78 Å². The van der Waals surface area contributed by atoms with Crippen LogP contribution in [-0.2, 0) is 14.9 Å². The number of likely N-dealkylation sites (tertiary alicyclic amines) is 1. The highest BCUT2D eigenvalue weighted by Gasteiger charge is 2.41. The topological polar surface area (TPSA) is 70.7 Å². The lowest BCUT2D eigenvalue weighted by atomic mass is 9.83. The summed E-state index contributed by atoms with van der Waals surface area (Å²) in [5.74, 6) is -2.50. The summed E-state index contributed by atoms with van der Waals surface area (Å²) in [4.78, 5) is 29.4. The van der Waals surface area contributed by atoms with E-state index >= 15 is 4.39 Å². The van der Waals surface area contributed by atoms with E-state index in [-0.39, 0.29) is 22.9 Å². The lowest BCUT2D eigenvalue weighted by Gasteiger charge is -2.41. The van der Waals surface area contributed by atoms with Crippen LogP contribution in [0, 0.1) is 24.5 Å². The van der Waals surface area contributed by atoms with Crippen molar-refractivity contribution in [1.82, 2.24) is 4.90 Å². The van der Waals surface area contributed by atoms with Gasteiger partial charge in [-0.15, -0.1) is 0 Å². The van der Waals surface area contributed by atoms with E-state index in [4.69, 9.17) is 4.74 Å². The van der Waals surface area contributed by atoms with Gasteiger partial charge in [0.05, 0.1) is 23.2 Å². The van der Waals surface area contributed by atoms with Gasteiger partial charge < -0.3 is 20.3 Å². The number of nitrogens with zero attached hydrogens (tertiary/aromatic N) is 1. The van der Waals surface area contributed by atoms with Gasteiger partial charge in [-0.05, 0) is 85.0 Å². The zero-order chi connectivity index (χ0) is 30.7. The molecule has 0 spiro atoms. The first kappa shape index (κ1) is 30.7. The number of ether oxygens (including phenoxy) is 1. The second-order valence-corrected chi connectivity index (χ2v) is 12.7. The first-order valence-corrected chi connectivity index (χ1v) is 15.1. The fraction of sp³-hybridized carbons (Fsp3) is 0.429. The molecule has 2 atom stereocenters. The molecule has 8 heteroatoms. The Morgan fingerprint density at radius 3 is 2.37 bits per heavy atom. The predicted molar refractivity (Wildman–Crippen MR) is 165 cm³/mol. The molecule has 0 saturated carbocycles. The van der Waals surface area contributed by atoms with Crippen LogP contribution in [0.3, 0.4) is 0 Å². The molecular weight excluding hydrogens is 548 g/mol. The summed E-state index contributed by atoms with van der Waals surface area (Å²) < 4.78 is 36.0. The highest BCUT2D eigenvalue weighted by atomic mass is 19.1. The normalized spacial score (nSPS) is 19.6. The minimum atomic E-state index is -0.780. The smallest absolute Gasteiger partial charge is 0.257 e. The average molecular weight is 590 g/mol. The number of rotatable bonds is 6. The largest absolute Gasteiger partial charge is 0.381 e. The number of hydrogen-bond acceptors (Lipinski definition) is 4. The highest BCUT2D eigenvalue weighted by Crippen LogP contribution is 2.40. The number of amides is 2. The molecule has 0 aromatic heterocycles. The number of anilines is 2. The van der Waals surface area contributed by atoms with Crippen LogP contribution in [0.4, 0.5) is 20.2 Å². The number of nitrogens with one attached hydrogen (secondary N) is 2. The fourth-order valence-electron chi connectivity index (χ4n) is 6.15. The third-order valence-electron chi connectivity index (χ3n) is 8.58. The molecule has 2 amide bonds. The maximum Gasteiger partial charge on any atom is 0.257 e. The van der Waals surface area contributed by atoms with Crippen molar-refractivity contribution >= 4 is 23.2 Å². The van der Waals surface area contributed by atoms with Gasteiger partial charge in [-0.2, -0.15) is 0 Å². The summed E-state index contributed by atoms with van der Waals surface area (Å²) >= 11 is 0. The standard InChI is InChI=1S/C35H41F2N3O3/c1-22-8-5-12-28(36)31(22)34(42)40-17-7-11-27(33(41)39-26-10-6-9-24(21-26)35(2,3)4)32(40)23-13-14-30(29(37)20-23)38-25-15-18-43-19-16-25/h5-6,8-10,12-14,20-21,25,27,32,38H,7,11,15-19H2,1-4H3,(H,39,41)/t27-,32?/m0/s1. The van der Waals surface area contributed by atoms with Crippen molar-refractivity contribution in [2.24, 2.45) is 5.92 Å². The van der Waals surface area contributed by atoms with E-state index in [1.165, 1.54) is 12.1 Å². The van der Waals surface area contributed by atoms with Crippen molar-refractivity contribution in [2.75, 3.05) is 30.4 Å². The Hall–Kier alpha value is -3.78. The van der Waals surface area contributed by atoms with Gasteiger partial charge in [0.2, 0.25) is 5.91 Å². The Labute approximate surface area is 252 Å². The molecule has 0 aliphatic carbocycles. The lowest BCUT2D eigenvalue weighted by Crippen LogP contribution is -2.46. The number of piperidine rings is 1. The van der Waals surface area contributed by atoms with Crippen LogP contribution in [-0.4, -0.2) is 42.5 Å². The van der Waals surface area contributed by atoms with Crippen molar-refractivity contribution < 1.29 is 23.1 Å². The van der Waals surface area contributed by atoms with E-state index in [0.29, 0.717) is 55.1 Å². The Bertz CT molecular complexity index is 1460. The molecule has 2 aliphatic rings. The average Bonchev–Trinajstić information content (AvgIpc) is 2.98. The molecule has 1 unspecified atom stereocenters. The molecule has 2 N–H and O–H groups in total. The molecular formula is C35H41F2N3O3. The van der Waals surface area contributed by atoms with Crippen LogP contribution in [0.5, 0.6) is 0 Å². The first-order chi connectivity index (χ1) is 20.5. The first-order valence-electron chi connectivity index (χ1n) is 15.1. The number of carbonyl (C=O) groups excluding carboxylic acids is 2. The van der Waals surface area contributed by atoms with Gasteiger partial charge in [-0.3, -0.25) is 9.59 Å². The summed E-state index contributed by atoms with van der Waals surface area (Å²) in [6.45, 7) is 9.59. The number of hydrogen-bond donors (Lipinski definition) is 2. The van der Waals surface area contributed by atoms with E-state index in [0.717, 1.165) is 18.4 Å². The molecule has 2 saturated heterocycles. The highest BCUT2D eigenvalue weighted by molar-refractivity contribution is 5.98. The van der Waals surface area contributed by atoms with Crippen molar-refractivity contribution in [3.05, 3.63) is 94.6 Å². The Kier molecular flexibility index (Phi) is 9.16. The molecule has 6 nitrogen and oxygen atoms in total. The SMILES string of the molecule is Cc1cccc(F)c1C(=O)N1CCC[C@H](C(=O)Nc2cccc(C(C)(C)C)c2)C1c1ccc(NC2CCOCC2)c(F)c1. The Morgan fingerprint density at radius 1 is 0.930 bits per heavy atom. The van der Waals surface area contributed by atoms with E-state index < -0.39 is 29.5 Å². The molecule has 0 bridgehead atoms. The molecule has 2 aliphatic heterocycles. The van der Waals surface area contributed by atoms with Gasteiger partial charge in [0.15, 0.2) is 0 Å². The number of aryl methyl sites for hydroxylation is 1. The molecule has 3 aromatic rings. The summed E-state index contributed by atoms with van der Waals surface area (Å²) in [7, 11) is 0. The minimum Gasteiger partial charge on any atom is -0.381 e. The second kappa shape index (κ2) is 12.8. The lowest BCUT2D eigenvalue weighted by molar-refractivity contribution is -0.123. The third-order valence-corrected chi connectivity index (χ3v) is 8.58. The molecule has 43 heavy (non-hydrogen) atoms. The predicted octanol–water partition coefficient (Wildman–Crippen LogP) is 7.39. The van der Waals surface area contributed by atoms with Crippen molar-refractivity contribution in [3.8, 4) is 0 Å². The summed E-state index contributed by atoms with van der Waals surface area (Å²) in [5.41, 5.74) is 2.99. The van der Waals surface area contributed by atoms with Crippen molar-refractivity contribution in [3.63, 3.8) is 0 Å². The monoisotopic (exact) mass is 589 g/mol. The maximum absolute atomic E-state index is 15.6. The van der Waals surface area contributed by atoms with Crippen LogP contribution in [0.2, 0.25) is 0 Å². The van der Waals surface area contributed by atoms with Gasteiger partial charge >= 0.3 is 0 Å². The van der Waals surface area contributed by atoms with Crippen molar-refractivity contribution in [2.45, 2.75) is 70.9 Å². The van der Waals surface area contributed by atoms with Gasteiger partial charge in [0.25, 0.3) is 5.91 Å². The van der Waals surface area contributed by atoms with Gasteiger partial charge in [0, 0.05) is 31.5 Å². The van der Waals surface area contributed by atoms with Crippen LogP contribution >= 0.6 is 0 Å². The zero-order valence-electron chi connectivity index (χ0n) is 25.4. The Balaban J connectivity index is 1.49. The minimum absolute atomic E-state index is 0.0234. The molecule has 2 heterocycles. The van der Waals surface area contributed by atoms with Crippen LogP contribution < -0.4 is 10.6 Å². The summed E-state index contributed by atoms with van der Waals surface area (Å²) in [6, 6.07) is 16.4. The number of carbonyl (C=O) groups is 2. The quantitative estimate of drug-likeness (QED) is 0.315. The van der Waals surface area contributed by atoms with Gasteiger partial charge in [-0.1, -0.05) is 51.1 Å². The Morgan fingerprint density at radius 2 is 1.67 bits per heavy atom.